The fraction of sp³-hybridized carbons (Fsp3) is 0.533. The highest BCUT2D eigenvalue weighted by Crippen LogP contribution is 2.24. The minimum Gasteiger partial charge on any atom is -0.305 e. The lowest BCUT2D eigenvalue weighted by Crippen LogP contribution is -2.42. The van der Waals surface area contributed by atoms with Crippen molar-refractivity contribution < 1.29 is 8.42 Å². The fourth-order valence-electron chi connectivity index (χ4n) is 3.01. The highest BCUT2D eigenvalue weighted by atomic mass is 32.2. The molecule has 1 saturated heterocycles. The van der Waals surface area contributed by atoms with Crippen molar-refractivity contribution in [2.75, 3.05) is 11.5 Å². The molecule has 2 aromatic rings. The van der Waals surface area contributed by atoms with E-state index in [9.17, 15) is 8.42 Å². The van der Waals surface area contributed by atoms with E-state index >= 15 is 0 Å². The summed E-state index contributed by atoms with van der Waals surface area (Å²) in [5.74, 6) is 0.493. The summed E-state index contributed by atoms with van der Waals surface area (Å²) >= 11 is 0. The lowest BCUT2D eigenvalue weighted by molar-refractivity contribution is 0.392. The predicted molar refractivity (Wildman–Crippen MR) is 83.9 cm³/mol. The standard InChI is InChI=1S/C15H21N3O2S/c1-3-18-14-7-5-4-6-12(14)13(17-18)10-16-15(2)8-9-21(19,20)11-15/h4-7,16H,3,8-11H2,1-2H3. The molecule has 0 spiro atoms. The average Bonchev–Trinajstić information content (AvgIpc) is 2.94. The molecule has 0 bridgehead atoms. The fourth-order valence-corrected chi connectivity index (χ4v) is 5.14. The van der Waals surface area contributed by atoms with Crippen molar-refractivity contribution in [3.05, 3.63) is 30.0 Å². The van der Waals surface area contributed by atoms with Crippen LogP contribution in [0, 0.1) is 0 Å². The molecule has 21 heavy (non-hydrogen) atoms. The zero-order chi connectivity index (χ0) is 15.1. The van der Waals surface area contributed by atoms with Crippen LogP contribution in [-0.4, -0.2) is 35.2 Å². The van der Waals surface area contributed by atoms with Gasteiger partial charge in [0.05, 0.1) is 22.7 Å². The van der Waals surface area contributed by atoms with E-state index in [1.54, 1.807) is 0 Å². The Hall–Kier alpha value is -1.40. The zero-order valence-electron chi connectivity index (χ0n) is 12.5. The van der Waals surface area contributed by atoms with Crippen LogP contribution in [0.2, 0.25) is 0 Å². The lowest BCUT2D eigenvalue weighted by Gasteiger charge is -2.23. The van der Waals surface area contributed by atoms with Crippen LogP contribution >= 0.6 is 0 Å². The number of fused-ring (bicyclic) bond motifs is 1. The Labute approximate surface area is 125 Å². The van der Waals surface area contributed by atoms with Crippen LogP contribution in [0.4, 0.5) is 0 Å². The molecule has 5 nitrogen and oxygen atoms in total. The second-order valence-corrected chi connectivity index (χ2v) is 8.22. The average molecular weight is 307 g/mol. The molecule has 1 aromatic carbocycles. The molecule has 0 amide bonds. The van der Waals surface area contributed by atoms with Crippen LogP contribution in [0.15, 0.2) is 24.3 Å². The second-order valence-electron chi connectivity index (χ2n) is 6.04. The highest BCUT2D eigenvalue weighted by Gasteiger charge is 2.38. The molecule has 1 unspecified atom stereocenters. The summed E-state index contributed by atoms with van der Waals surface area (Å²) in [6.07, 6.45) is 0.668. The number of aryl methyl sites for hydroxylation is 1. The minimum atomic E-state index is -2.89. The van der Waals surface area contributed by atoms with Gasteiger partial charge in [0.15, 0.2) is 9.84 Å². The quantitative estimate of drug-likeness (QED) is 0.934. The molecular weight excluding hydrogens is 286 g/mol. The summed E-state index contributed by atoms with van der Waals surface area (Å²) in [6.45, 7) is 5.48. The Morgan fingerprint density at radius 1 is 1.38 bits per heavy atom. The summed E-state index contributed by atoms with van der Waals surface area (Å²) in [4.78, 5) is 0. The molecule has 1 N–H and O–H groups in total. The number of rotatable bonds is 4. The van der Waals surface area contributed by atoms with Crippen molar-refractivity contribution in [2.24, 2.45) is 0 Å². The third kappa shape index (κ3) is 2.82. The Kier molecular flexibility index (Phi) is 3.53. The number of aromatic nitrogens is 2. The molecule has 1 fully saturated rings. The molecule has 1 aromatic heterocycles. The first-order valence-corrected chi connectivity index (χ1v) is 9.14. The monoisotopic (exact) mass is 307 g/mol. The molecule has 114 valence electrons. The number of nitrogens with zero attached hydrogens (tertiary/aromatic N) is 2. The predicted octanol–water partition coefficient (Wildman–Crippen LogP) is 1.72. The van der Waals surface area contributed by atoms with Crippen molar-refractivity contribution in [1.29, 1.82) is 0 Å². The third-order valence-electron chi connectivity index (χ3n) is 4.22. The molecule has 1 aliphatic heterocycles. The van der Waals surface area contributed by atoms with Gasteiger partial charge >= 0.3 is 0 Å². The van der Waals surface area contributed by atoms with E-state index in [0.717, 1.165) is 23.1 Å². The maximum Gasteiger partial charge on any atom is 0.152 e. The summed E-state index contributed by atoms with van der Waals surface area (Å²) < 4.78 is 25.3. The van der Waals surface area contributed by atoms with E-state index in [0.29, 0.717) is 13.0 Å². The summed E-state index contributed by atoms with van der Waals surface area (Å²) in [6, 6.07) is 8.16. The lowest BCUT2D eigenvalue weighted by atomic mass is 10.0. The van der Waals surface area contributed by atoms with Gasteiger partial charge in [-0.2, -0.15) is 5.10 Å². The van der Waals surface area contributed by atoms with Crippen LogP contribution in [0.3, 0.4) is 0 Å². The number of hydrogen-bond donors (Lipinski definition) is 1. The van der Waals surface area contributed by atoms with E-state index < -0.39 is 9.84 Å². The molecular formula is C15H21N3O2S. The Balaban J connectivity index is 1.83. The third-order valence-corrected chi connectivity index (χ3v) is 6.12. The van der Waals surface area contributed by atoms with E-state index in [1.807, 2.05) is 23.7 Å². The molecule has 2 heterocycles. The van der Waals surface area contributed by atoms with Crippen LogP contribution in [0.5, 0.6) is 0 Å². The Bertz CT molecular complexity index is 766. The largest absolute Gasteiger partial charge is 0.305 e. The normalized spacial score (nSPS) is 24.7. The van der Waals surface area contributed by atoms with Gasteiger partial charge in [-0.05, 0) is 26.3 Å². The van der Waals surface area contributed by atoms with E-state index in [2.05, 4.69) is 29.5 Å². The minimum absolute atomic E-state index is 0.215. The van der Waals surface area contributed by atoms with Crippen LogP contribution < -0.4 is 5.32 Å². The summed E-state index contributed by atoms with van der Waals surface area (Å²) in [5, 5.41) is 9.18. The number of nitrogens with one attached hydrogen (secondary N) is 1. The molecule has 3 rings (SSSR count). The topological polar surface area (TPSA) is 64.0 Å². The number of sulfone groups is 1. The molecule has 6 heteroatoms. The van der Waals surface area contributed by atoms with Gasteiger partial charge in [-0.25, -0.2) is 8.42 Å². The van der Waals surface area contributed by atoms with Crippen molar-refractivity contribution in [3.63, 3.8) is 0 Å². The molecule has 1 aliphatic rings. The van der Waals surface area contributed by atoms with Crippen molar-refractivity contribution in [1.82, 2.24) is 15.1 Å². The van der Waals surface area contributed by atoms with Gasteiger partial charge in [-0.3, -0.25) is 4.68 Å². The van der Waals surface area contributed by atoms with E-state index in [4.69, 9.17) is 0 Å². The number of benzene rings is 1. The molecule has 0 radical (unpaired) electrons. The van der Waals surface area contributed by atoms with Gasteiger partial charge in [0.25, 0.3) is 0 Å². The Morgan fingerprint density at radius 3 is 2.81 bits per heavy atom. The van der Waals surface area contributed by atoms with Crippen molar-refractivity contribution in [3.8, 4) is 0 Å². The van der Waals surface area contributed by atoms with Crippen LogP contribution in [-0.2, 0) is 22.9 Å². The van der Waals surface area contributed by atoms with Crippen LogP contribution in [0.25, 0.3) is 10.9 Å². The van der Waals surface area contributed by atoms with Gasteiger partial charge in [0.1, 0.15) is 0 Å². The molecule has 0 aliphatic carbocycles. The highest BCUT2D eigenvalue weighted by molar-refractivity contribution is 7.91. The van der Waals surface area contributed by atoms with Gasteiger partial charge in [-0.15, -0.1) is 0 Å². The molecule has 0 saturated carbocycles. The summed E-state index contributed by atoms with van der Waals surface area (Å²) in [5.41, 5.74) is 1.77. The van der Waals surface area contributed by atoms with Crippen LogP contribution in [0.1, 0.15) is 26.0 Å². The van der Waals surface area contributed by atoms with E-state index in [-0.39, 0.29) is 17.0 Å². The maximum absolute atomic E-state index is 11.7. The van der Waals surface area contributed by atoms with Gasteiger partial charge in [0.2, 0.25) is 0 Å². The Morgan fingerprint density at radius 2 is 2.14 bits per heavy atom. The first-order valence-electron chi connectivity index (χ1n) is 7.32. The first-order chi connectivity index (χ1) is 9.92. The van der Waals surface area contributed by atoms with Gasteiger partial charge < -0.3 is 5.32 Å². The molecule has 1 atom stereocenters. The SMILES string of the molecule is CCn1nc(CNC2(C)CCS(=O)(=O)C2)c2ccccc21. The number of hydrogen-bond acceptors (Lipinski definition) is 4. The maximum atomic E-state index is 11.7. The smallest absolute Gasteiger partial charge is 0.152 e. The first kappa shape index (κ1) is 14.5. The van der Waals surface area contributed by atoms with Crippen molar-refractivity contribution in [2.45, 2.75) is 38.9 Å². The van der Waals surface area contributed by atoms with Gasteiger partial charge in [0, 0.05) is 24.0 Å². The zero-order valence-corrected chi connectivity index (χ0v) is 13.3. The second kappa shape index (κ2) is 5.10. The van der Waals surface area contributed by atoms with Gasteiger partial charge in [-0.1, -0.05) is 18.2 Å². The number of para-hydroxylation sites is 1. The van der Waals surface area contributed by atoms with Crippen molar-refractivity contribution >= 4 is 20.7 Å². The summed E-state index contributed by atoms with van der Waals surface area (Å²) in [7, 11) is -2.89. The van der Waals surface area contributed by atoms with E-state index in [1.165, 1.54) is 0 Å².